The molecular formula is C24H20O4Si. The van der Waals surface area contributed by atoms with Crippen molar-refractivity contribution in [2.45, 2.75) is 0 Å². The minimum absolute atomic E-state index is 0.599. The Hall–Kier alpha value is -3.70. The van der Waals surface area contributed by atoms with Crippen LogP contribution < -0.4 is 17.7 Å². The first-order chi connectivity index (χ1) is 14.3. The second-order valence-corrected chi connectivity index (χ2v) is 7.98. The summed E-state index contributed by atoms with van der Waals surface area (Å²) in [5.74, 6) is 2.40. The van der Waals surface area contributed by atoms with Gasteiger partial charge in [-0.05, 0) is 48.5 Å². The molecular weight excluding hydrogens is 380 g/mol. The Kier molecular flexibility index (Phi) is 5.78. The molecule has 4 aromatic rings. The zero-order valence-electron chi connectivity index (χ0n) is 15.7. The minimum Gasteiger partial charge on any atom is -0.452 e. The monoisotopic (exact) mass is 400 g/mol. The van der Waals surface area contributed by atoms with Gasteiger partial charge < -0.3 is 17.7 Å². The third-order valence-corrected chi connectivity index (χ3v) is 5.89. The van der Waals surface area contributed by atoms with Crippen molar-refractivity contribution in [3.05, 3.63) is 121 Å². The summed E-state index contributed by atoms with van der Waals surface area (Å²) in [6, 6.07) is 37.6. The van der Waals surface area contributed by atoms with Gasteiger partial charge in [-0.15, -0.1) is 0 Å². The predicted molar refractivity (Wildman–Crippen MR) is 114 cm³/mol. The van der Waals surface area contributed by atoms with Crippen molar-refractivity contribution in [3.63, 3.8) is 0 Å². The number of hydrogen-bond acceptors (Lipinski definition) is 4. The maximum absolute atomic E-state index is 6.29. The molecule has 4 rings (SSSR count). The van der Waals surface area contributed by atoms with Crippen molar-refractivity contribution in [2.75, 3.05) is 0 Å². The van der Waals surface area contributed by atoms with Gasteiger partial charge in [0, 0.05) is 0 Å². The molecule has 0 aliphatic heterocycles. The SMILES string of the molecule is c1ccc(O[Si](Oc2ccccc2)(Oc2ccccc2)Oc2ccccc2)cc1. The van der Waals surface area contributed by atoms with Gasteiger partial charge in [0.05, 0.1) is 0 Å². The Balaban J connectivity index is 1.75. The van der Waals surface area contributed by atoms with Crippen LogP contribution in [0.5, 0.6) is 23.0 Å². The maximum Gasteiger partial charge on any atom is 0.966 e. The van der Waals surface area contributed by atoms with E-state index < -0.39 is 9.05 Å². The van der Waals surface area contributed by atoms with Crippen LogP contribution in [-0.2, 0) is 0 Å². The third-order valence-electron chi connectivity index (χ3n) is 3.94. The highest BCUT2D eigenvalue weighted by Crippen LogP contribution is 2.26. The van der Waals surface area contributed by atoms with Crippen LogP contribution in [0.1, 0.15) is 0 Å². The van der Waals surface area contributed by atoms with E-state index in [4.69, 9.17) is 17.7 Å². The van der Waals surface area contributed by atoms with E-state index in [0.717, 1.165) is 0 Å². The standard InChI is InChI=1S/C24H20O4Si/c1-5-13-21(14-6-1)25-29(26-22-15-7-2-8-16-22,27-23-17-9-3-10-18-23)28-24-19-11-4-12-20-24/h1-20H. The van der Waals surface area contributed by atoms with Crippen LogP contribution in [0.2, 0.25) is 0 Å². The Morgan fingerprint density at radius 2 is 0.517 bits per heavy atom. The maximum atomic E-state index is 6.29. The highest BCUT2D eigenvalue weighted by molar-refractivity contribution is 6.57. The van der Waals surface area contributed by atoms with Crippen LogP contribution in [-0.4, -0.2) is 9.05 Å². The average Bonchev–Trinajstić information content (AvgIpc) is 2.76. The molecule has 0 aliphatic carbocycles. The van der Waals surface area contributed by atoms with Gasteiger partial charge in [-0.3, -0.25) is 0 Å². The van der Waals surface area contributed by atoms with E-state index >= 15 is 0 Å². The van der Waals surface area contributed by atoms with Crippen LogP contribution in [0.15, 0.2) is 121 Å². The molecule has 4 nitrogen and oxygen atoms in total. The topological polar surface area (TPSA) is 36.9 Å². The lowest BCUT2D eigenvalue weighted by Gasteiger charge is -2.28. The molecule has 0 heterocycles. The fourth-order valence-corrected chi connectivity index (χ4v) is 4.61. The summed E-state index contributed by atoms with van der Waals surface area (Å²) in [6.07, 6.45) is 0. The van der Waals surface area contributed by atoms with Crippen molar-refractivity contribution in [1.82, 2.24) is 0 Å². The zero-order valence-corrected chi connectivity index (χ0v) is 16.7. The van der Waals surface area contributed by atoms with Gasteiger partial charge in [0.2, 0.25) is 0 Å². The van der Waals surface area contributed by atoms with Crippen LogP contribution in [0.4, 0.5) is 0 Å². The van der Waals surface area contributed by atoms with Gasteiger partial charge in [0.25, 0.3) is 0 Å². The molecule has 0 radical (unpaired) electrons. The summed E-state index contributed by atoms with van der Waals surface area (Å²) in [6.45, 7) is 0. The van der Waals surface area contributed by atoms with Crippen molar-refractivity contribution in [3.8, 4) is 23.0 Å². The van der Waals surface area contributed by atoms with Crippen molar-refractivity contribution < 1.29 is 17.7 Å². The molecule has 5 heteroatoms. The minimum atomic E-state index is -3.76. The van der Waals surface area contributed by atoms with Crippen LogP contribution in [0, 0.1) is 0 Å². The molecule has 4 aromatic carbocycles. The fourth-order valence-electron chi connectivity index (χ4n) is 2.66. The van der Waals surface area contributed by atoms with Crippen LogP contribution >= 0.6 is 0 Å². The Labute approximate surface area is 171 Å². The average molecular weight is 401 g/mol. The van der Waals surface area contributed by atoms with Gasteiger partial charge in [0.15, 0.2) is 0 Å². The Morgan fingerprint density at radius 3 is 0.724 bits per heavy atom. The van der Waals surface area contributed by atoms with Crippen molar-refractivity contribution >= 4 is 9.05 Å². The first kappa shape index (κ1) is 18.7. The first-order valence-electron chi connectivity index (χ1n) is 9.28. The summed E-state index contributed by atoms with van der Waals surface area (Å²) in [7, 11) is -3.76. The molecule has 144 valence electrons. The summed E-state index contributed by atoms with van der Waals surface area (Å²) in [5, 5.41) is 0. The highest BCUT2D eigenvalue weighted by atomic mass is 28.4. The van der Waals surface area contributed by atoms with E-state index in [-0.39, 0.29) is 0 Å². The summed E-state index contributed by atoms with van der Waals surface area (Å²) >= 11 is 0. The van der Waals surface area contributed by atoms with E-state index in [9.17, 15) is 0 Å². The molecule has 0 fully saturated rings. The predicted octanol–water partition coefficient (Wildman–Crippen LogP) is 5.74. The van der Waals surface area contributed by atoms with E-state index in [1.807, 2.05) is 121 Å². The lowest BCUT2D eigenvalue weighted by Crippen LogP contribution is -2.60. The molecule has 0 aromatic heterocycles. The van der Waals surface area contributed by atoms with E-state index in [1.165, 1.54) is 0 Å². The number of hydrogen-bond donors (Lipinski definition) is 0. The van der Waals surface area contributed by atoms with Gasteiger partial charge >= 0.3 is 9.05 Å². The summed E-state index contributed by atoms with van der Waals surface area (Å²) in [4.78, 5) is 0. The smallest absolute Gasteiger partial charge is 0.452 e. The molecule has 29 heavy (non-hydrogen) atoms. The third kappa shape index (κ3) is 5.18. The molecule has 0 atom stereocenters. The van der Waals surface area contributed by atoms with Crippen LogP contribution in [0.3, 0.4) is 0 Å². The van der Waals surface area contributed by atoms with Gasteiger partial charge in [0.1, 0.15) is 23.0 Å². The second kappa shape index (κ2) is 8.99. The lowest BCUT2D eigenvalue weighted by atomic mass is 10.3. The number of benzene rings is 4. The fraction of sp³-hybridized carbons (Fsp3) is 0. The summed E-state index contributed by atoms with van der Waals surface area (Å²) < 4.78 is 25.1. The van der Waals surface area contributed by atoms with E-state index in [0.29, 0.717) is 23.0 Å². The molecule has 0 spiro atoms. The van der Waals surface area contributed by atoms with Crippen LogP contribution in [0.25, 0.3) is 0 Å². The molecule has 0 saturated carbocycles. The number of para-hydroxylation sites is 4. The second-order valence-electron chi connectivity index (χ2n) is 6.16. The van der Waals surface area contributed by atoms with Gasteiger partial charge in [-0.25, -0.2) is 0 Å². The zero-order chi connectivity index (χ0) is 19.8. The first-order valence-corrected chi connectivity index (χ1v) is 10.9. The molecule has 0 saturated heterocycles. The summed E-state index contributed by atoms with van der Waals surface area (Å²) in [5.41, 5.74) is 0. The molecule has 0 unspecified atom stereocenters. The molecule has 0 bridgehead atoms. The quantitative estimate of drug-likeness (QED) is 0.354. The van der Waals surface area contributed by atoms with E-state index in [1.54, 1.807) is 0 Å². The van der Waals surface area contributed by atoms with Crippen molar-refractivity contribution in [1.29, 1.82) is 0 Å². The van der Waals surface area contributed by atoms with E-state index in [2.05, 4.69) is 0 Å². The highest BCUT2D eigenvalue weighted by Gasteiger charge is 2.58. The molecule has 0 N–H and O–H groups in total. The molecule has 0 aliphatic rings. The largest absolute Gasteiger partial charge is 0.966 e. The normalized spacial score (nSPS) is 10.8. The Morgan fingerprint density at radius 1 is 0.310 bits per heavy atom. The van der Waals surface area contributed by atoms with Gasteiger partial charge in [-0.1, -0.05) is 72.8 Å². The van der Waals surface area contributed by atoms with Crippen molar-refractivity contribution in [2.24, 2.45) is 0 Å². The lowest BCUT2D eigenvalue weighted by molar-refractivity contribution is 0.161. The molecule has 0 amide bonds. The number of rotatable bonds is 8. The Bertz CT molecular complexity index is 824. The van der Waals surface area contributed by atoms with Gasteiger partial charge in [-0.2, -0.15) is 0 Å².